The molecule has 6 nitrogen and oxygen atoms in total. The minimum absolute atomic E-state index is 0.00409. The molecule has 0 unspecified atom stereocenters. The van der Waals surface area contributed by atoms with Gasteiger partial charge in [0.05, 0.1) is 4.92 Å². The predicted octanol–water partition coefficient (Wildman–Crippen LogP) is 3.93. The smallest absolute Gasteiger partial charge is 0.270 e. The molecule has 0 aliphatic carbocycles. The number of hydrogen-bond acceptors (Lipinski definition) is 5. The summed E-state index contributed by atoms with van der Waals surface area (Å²) in [5, 5.41) is 14.8. The third-order valence-electron chi connectivity index (χ3n) is 3.36. The van der Waals surface area contributed by atoms with Crippen molar-refractivity contribution < 1.29 is 9.45 Å². The molecular weight excluding hydrogens is 282 g/mol. The van der Waals surface area contributed by atoms with Gasteiger partial charge in [-0.1, -0.05) is 35.0 Å². The SMILES string of the molecule is Cc1ccc(C)c(-c2nc(-c3cccc([N+](=O)[O-])c3)no2)c1. The van der Waals surface area contributed by atoms with Crippen molar-refractivity contribution in [3.8, 4) is 22.8 Å². The van der Waals surface area contributed by atoms with Crippen LogP contribution in [0, 0.1) is 24.0 Å². The molecule has 0 N–H and O–H groups in total. The van der Waals surface area contributed by atoms with Gasteiger partial charge in [-0.05, 0) is 25.5 Å². The van der Waals surface area contributed by atoms with Gasteiger partial charge >= 0.3 is 0 Å². The summed E-state index contributed by atoms with van der Waals surface area (Å²) >= 11 is 0. The summed E-state index contributed by atoms with van der Waals surface area (Å²) in [6.07, 6.45) is 0. The van der Waals surface area contributed by atoms with Gasteiger partial charge in [-0.25, -0.2) is 0 Å². The van der Waals surface area contributed by atoms with Crippen LogP contribution in [0.3, 0.4) is 0 Å². The molecule has 0 radical (unpaired) electrons. The van der Waals surface area contributed by atoms with Crippen LogP contribution in [0.25, 0.3) is 22.8 Å². The maximum absolute atomic E-state index is 10.8. The van der Waals surface area contributed by atoms with E-state index in [2.05, 4.69) is 10.1 Å². The van der Waals surface area contributed by atoms with Crippen molar-refractivity contribution >= 4 is 5.69 Å². The van der Waals surface area contributed by atoms with Gasteiger partial charge in [-0.15, -0.1) is 0 Å². The van der Waals surface area contributed by atoms with Gasteiger partial charge in [0.15, 0.2) is 0 Å². The van der Waals surface area contributed by atoms with Crippen LogP contribution in [-0.4, -0.2) is 15.1 Å². The summed E-state index contributed by atoms with van der Waals surface area (Å²) in [7, 11) is 0. The third kappa shape index (κ3) is 2.58. The molecule has 1 heterocycles. The summed E-state index contributed by atoms with van der Waals surface area (Å²) in [6, 6.07) is 12.1. The molecule has 0 aliphatic heterocycles. The Morgan fingerprint density at radius 2 is 1.95 bits per heavy atom. The van der Waals surface area contributed by atoms with E-state index in [1.165, 1.54) is 12.1 Å². The van der Waals surface area contributed by atoms with Crippen LogP contribution in [0.5, 0.6) is 0 Å². The molecule has 0 bridgehead atoms. The summed E-state index contributed by atoms with van der Waals surface area (Å²) in [5.74, 6) is 0.738. The van der Waals surface area contributed by atoms with Gasteiger partial charge in [-0.2, -0.15) is 4.98 Å². The second-order valence-corrected chi connectivity index (χ2v) is 5.05. The number of benzene rings is 2. The maximum Gasteiger partial charge on any atom is 0.270 e. The summed E-state index contributed by atoms with van der Waals surface area (Å²) in [4.78, 5) is 14.7. The molecule has 0 saturated carbocycles. The number of nitro benzene ring substituents is 1. The van der Waals surface area contributed by atoms with Crippen LogP contribution < -0.4 is 0 Å². The number of nitrogens with zero attached hydrogens (tertiary/aromatic N) is 3. The van der Waals surface area contributed by atoms with E-state index in [-0.39, 0.29) is 5.69 Å². The standard InChI is InChI=1S/C16H13N3O3/c1-10-6-7-11(2)14(8-10)16-17-15(18-22-16)12-4-3-5-13(9-12)19(20)21/h3-9H,1-2H3. The van der Waals surface area contributed by atoms with Gasteiger partial charge in [0.25, 0.3) is 11.6 Å². The molecule has 0 fully saturated rings. The normalized spacial score (nSPS) is 10.6. The molecule has 110 valence electrons. The molecule has 0 amide bonds. The Bertz CT molecular complexity index is 855. The topological polar surface area (TPSA) is 82.1 Å². The van der Waals surface area contributed by atoms with Gasteiger partial charge in [0.2, 0.25) is 5.82 Å². The Hall–Kier alpha value is -3.02. The fourth-order valence-electron chi connectivity index (χ4n) is 2.17. The van der Waals surface area contributed by atoms with Crippen LogP contribution >= 0.6 is 0 Å². The van der Waals surface area contributed by atoms with E-state index in [0.29, 0.717) is 17.3 Å². The van der Waals surface area contributed by atoms with E-state index in [1.54, 1.807) is 12.1 Å². The quantitative estimate of drug-likeness (QED) is 0.540. The van der Waals surface area contributed by atoms with Crippen molar-refractivity contribution in [2.75, 3.05) is 0 Å². The lowest BCUT2D eigenvalue weighted by atomic mass is 10.1. The number of nitro groups is 1. The molecule has 6 heteroatoms. The molecule has 3 aromatic rings. The Balaban J connectivity index is 2.02. The minimum Gasteiger partial charge on any atom is -0.334 e. The van der Waals surface area contributed by atoms with Crippen molar-refractivity contribution in [2.45, 2.75) is 13.8 Å². The van der Waals surface area contributed by atoms with Gasteiger partial charge in [0.1, 0.15) is 0 Å². The van der Waals surface area contributed by atoms with E-state index < -0.39 is 4.92 Å². The first-order valence-corrected chi connectivity index (χ1v) is 6.71. The fourth-order valence-corrected chi connectivity index (χ4v) is 2.17. The zero-order valence-electron chi connectivity index (χ0n) is 12.1. The van der Waals surface area contributed by atoms with Crippen molar-refractivity contribution in [2.24, 2.45) is 0 Å². The van der Waals surface area contributed by atoms with Crippen molar-refractivity contribution in [1.82, 2.24) is 10.1 Å². The van der Waals surface area contributed by atoms with Crippen molar-refractivity contribution in [3.63, 3.8) is 0 Å². The number of aromatic nitrogens is 2. The molecule has 0 aliphatic rings. The largest absolute Gasteiger partial charge is 0.334 e. The molecule has 3 rings (SSSR count). The monoisotopic (exact) mass is 295 g/mol. The van der Waals surface area contributed by atoms with Crippen LogP contribution in [0.4, 0.5) is 5.69 Å². The van der Waals surface area contributed by atoms with Gasteiger partial charge in [-0.3, -0.25) is 10.1 Å². The molecule has 0 atom stereocenters. The lowest BCUT2D eigenvalue weighted by molar-refractivity contribution is -0.384. The lowest BCUT2D eigenvalue weighted by Crippen LogP contribution is -1.89. The van der Waals surface area contributed by atoms with Gasteiger partial charge in [0, 0.05) is 23.3 Å². The van der Waals surface area contributed by atoms with E-state index in [1.807, 2.05) is 32.0 Å². The molecule has 22 heavy (non-hydrogen) atoms. The Morgan fingerprint density at radius 3 is 2.73 bits per heavy atom. The summed E-state index contributed by atoms with van der Waals surface area (Å²) < 4.78 is 5.31. The van der Waals surface area contributed by atoms with E-state index in [9.17, 15) is 10.1 Å². The first-order valence-electron chi connectivity index (χ1n) is 6.71. The molecular formula is C16H13N3O3. The van der Waals surface area contributed by atoms with Gasteiger partial charge < -0.3 is 4.52 Å². The second-order valence-electron chi connectivity index (χ2n) is 5.05. The lowest BCUT2D eigenvalue weighted by Gasteiger charge is -2.01. The van der Waals surface area contributed by atoms with E-state index in [4.69, 9.17) is 4.52 Å². The maximum atomic E-state index is 10.8. The average Bonchev–Trinajstić information content (AvgIpc) is 2.99. The average molecular weight is 295 g/mol. The zero-order chi connectivity index (χ0) is 15.7. The first-order chi connectivity index (χ1) is 10.5. The summed E-state index contributed by atoms with van der Waals surface area (Å²) in [5.41, 5.74) is 3.53. The highest BCUT2D eigenvalue weighted by Crippen LogP contribution is 2.27. The third-order valence-corrected chi connectivity index (χ3v) is 3.36. The zero-order valence-corrected chi connectivity index (χ0v) is 12.1. The summed E-state index contributed by atoms with van der Waals surface area (Å²) in [6.45, 7) is 3.95. The highest BCUT2D eigenvalue weighted by atomic mass is 16.6. The van der Waals surface area contributed by atoms with Crippen molar-refractivity contribution in [3.05, 3.63) is 63.7 Å². The second kappa shape index (κ2) is 5.40. The molecule has 2 aromatic carbocycles. The van der Waals surface area contributed by atoms with Crippen LogP contribution in [0.1, 0.15) is 11.1 Å². The number of non-ortho nitro benzene ring substituents is 1. The Labute approximate surface area is 126 Å². The highest BCUT2D eigenvalue weighted by molar-refractivity contribution is 5.64. The fraction of sp³-hybridized carbons (Fsp3) is 0.125. The van der Waals surface area contributed by atoms with Crippen LogP contribution in [0.2, 0.25) is 0 Å². The number of aryl methyl sites for hydroxylation is 2. The van der Waals surface area contributed by atoms with Crippen LogP contribution in [0.15, 0.2) is 47.0 Å². The number of rotatable bonds is 3. The Kier molecular flexibility index (Phi) is 3.42. The van der Waals surface area contributed by atoms with Crippen LogP contribution in [-0.2, 0) is 0 Å². The highest BCUT2D eigenvalue weighted by Gasteiger charge is 2.15. The minimum atomic E-state index is -0.449. The number of hydrogen-bond donors (Lipinski definition) is 0. The molecule has 0 saturated heterocycles. The van der Waals surface area contributed by atoms with E-state index >= 15 is 0 Å². The van der Waals surface area contributed by atoms with E-state index in [0.717, 1.165) is 16.7 Å². The van der Waals surface area contributed by atoms with Crippen molar-refractivity contribution in [1.29, 1.82) is 0 Å². The Morgan fingerprint density at radius 1 is 1.14 bits per heavy atom. The molecule has 0 spiro atoms. The predicted molar refractivity (Wildman–Crippen MR) is 81.3 cm³/mol. The molecule has 1 aromatic heterocycles. The first kappa shape index (κ1) is 13.9.